The Morgan fingerprint density at radius 2 is 1.86 bits per heavy atom. The largest absolute Gasteiger partial charge is 0.313 e. The van der Waals surface area contributed by atoms with Gasteiger partial charge in [0.1, 0.15) is 5.00 Å². The molecule has 9 heteroatoms. The number of aromatic nitrogens is 1. The van der Waals surface area contributed by atoms with Gasteiger partial charge in [-0.15, -0.1) is 22.7 Å². The standard InChI is InChI=1S/C20H20N4O3S2/c1-11(25)23-24-19(27)17-13-5-3-2-4-6-15(13)29-20(17)22-18(26)12-7-8-14-16(9-12)28-10-21-14/h7-10H,2-6H2,1H3,(H,22,26)(H,23,25)(H,24,27). The first-order chi connectivity index (χ1) is 14.0. The number of hydrogen-bond acceptors (Lipinski definition) is 6. The molecular formula is C20H20N4O3S2. The molecule has 3 amide bonds. The molecule has 0 bridgehead atoms. The Bertz CT molecular complexity index is 1100. The molecule has 0 radical (unpaired) electrons. The van der Waals surface area contributed by atoms with E-state index in [2.05, 4.69) is 21.2 Å². The van der Waals surface area contributed by atoms with Gasteiger partial charge in [-0.05, 0) is 49.4 Å². The van der Waals surface area contributed by atoms with E-state index in [4.69, 9.17) is 0 Å². The van der Waals surface area contributed by atoms with Crippen molar-refractivity contribution in [3.05, 3.63) is 45.3 Å². The summed E-state index contributed by atoms with van der Waals surface area (Å²) in [6.45, 7) is 1.33. The summed E-state index contributed by atoms with van der Waals surface area (Å²) in [5, 5.41) is 3.44. The van der Waals surface area contributed by atoms with E-state index >= 15 is 0 Å². The second kappa shape index (κ2) is 8.30. The van der Waals surface area contributed by atoms with E-state index in [1.165, 1.54) is 29.6 Å². The van der Waals surface area contributed by atoms with Crippen LogP contribution in [0.3, 0.4) is 0 Å². The van der Waals surface area contributed by atoms with Crippen molar-refractivity contribution in [2.75, 3.05) is 5.32 Å². The highest BCUT2D eigenvalue weighted by Gasteiger charge is 2.26. The molecule has 4 rings (SSSR count). The zero-order valence-corrected chi connectivity index (χ0v) is 17.5. The number of benzene rings is 1. The molecule has 0 aliphatic heterocycles. The fourth-order valence-corrected chi connectivity index (χ4v) is 5.45. The highest BCUT2D eigenvalue weighted by Crippen LogP contribution is 2.37. The lowest BCUT2D eigenvalue weighted by molar-refractivity contribution is -0.119. The van der Waals surface area contributed by atoms with Crippen LogP contribution in [0.1, 0.15) is 57.3 Å². The maximum atomic E-state index is 12.9. The lowest BCUT2D eigenvalue weighted by atomic mass is 10.0. The molecular weight excluding hydrogens is 408 g/mol. The lowest BCUT2D eigenvalue weighted by Crippen LogP contribution is -2.40. The van der Waals surface area contributed by atoms with Gasteiger partial charge in [-0.2, -0.15) is 0 Å². The normalized spacial score (nSPS) is 13.4. The van der Waals surface area contributed by atoms with Crippen molar-refractivity contribution in [2.24, 2.45) is 0 Å². The van der Waals surface area contributed by atoms with Gasteiger partial charge in [0.15, 0.2) is 0 Å². The number of aryl methyl sites for hydroxylation is 1. The average molecular weight is 429 g/mol. The smallest absolute Gasteiger partial charge is 0.272 e. The van der Waals surface area contributed by atoms with Gasteiger partial charge in [0, 0.05) is 17.4 Å². The predicted molar refractivity (Wildman–Crippen MR) is 114 cm³/mol. The van der Waals surface area contributed by atoms with Crippen molar-refractivity contribution in [2.45, 2.75) is 39.0 Å². The Morgan fingerprint density at radius 1 is 1.03 bits per heavy atom. The van der Waals surface area contributed by atoms with Crippen LogP contribution in [0.2, 0.25) is 0 Å². The minimum Gasteiger partial charge on any atom is -0.313 e. The Labute approximate surface area is 175 Å². The number of anilines is 1. The molecule has 29 heavy (non-hydrogen) atoms. The summed E-state index contributed by atoms with van der Waals surface area (Å²) >= 11 is 2.93. The number of thiophene rings is 1. The molecule has 0 spiro atoms. The van der Waals surface area contributed by atoms with E-state index in [0.717, 1.165) is 52.8 Å². The van der Waals surface area contributed by atoms with E-state index in [1.54, 1.807) is 17.6 Å². The second-order valence-corrected chi connectivity index (χ2v) is 8.88. The number of nitrogens with zero attached hydrogens (tertiary/aromatic N) is 1. The molecule has 0 fully saturated rings. The number of carbonyl (C=O) groups excluding carboxylic acids is 3. The summed E-state index contributed by atoms with van der Waals surface area (Å²) in [7, 11) is 0. The van der Waals surface area contributed by atoms with Crippen LogP contribution >= 0.6 is 22.7 Å². The van der Waals surface area contributed by atoms with Crippen molar-refractivity contribution in [1.82, 2.24) is 15.8 Å². The third kappa shape index (κ3) is 4.15. The van der Waals surface area contributed by atoms with E-state index in [-0.39, 0.29) is 11.8 Å². The number of fused-ring (bicyclic) bond motifs is 2. The summed E-state index contributed by atoms with van der Waals surface area (Å²) in [5.74, 6) is -1.04. The third-order valence-corrected chi connectivity index (χ3v) is 6.82. The maximum Gasteiger partial charge on any atom is 0.272 e. The molecule has 2 aromatic heterocycles. The van der Waals surface area contributed by atoms with Gasteiger partial charge in [0.05, 0.1) is 21.3 Å². The van der Waals surface area contributed by atoms with Crippen LogP contribution in [0, 0.1) is 0 Å². The minimum absolute atomic E-state index is 0.273. The first kappa shape index (κ1) is 19.5. The van der Waals surface area contributed by atoms with Gasteiger partial charge in [-0.1, -0.05) is 6.42 Å². The monoisotopic (exact) mass is 428 g/mol. The van der Waals surface area contributed by atoms with Crippen molar-refractivity contribution in [3.8, 4) is 0 Å². The number of carbonyl (C=O) groups is 3. The van der Waals surface area contributed by atoms with E-state index in [9.17, 15) is 14.4 Å². The molecule has 1 aromatic carbocycles. The molecule has 0 saturated carbocycles. The van der Waals surface area contributed by atoms with Crippen molar-refractivity contribution in [1.29, 1.82) is 0 Å². The molecule has 3 N–H and O–H groups in total. The SMILES string of the molecule is CC(=O)NNC(=O)c1c(NC(=O)c2ccc3ncsc3c2)sc2c1CCCCC2. The van der Waals surface area contributed by atoms with Crippen LogP contribution in [-0.4, -0.2) is 22.7 Å². The highest BCUT2D eigenvalue weighted by molar-refractivity contribution is 7.17. The molecule has 1 aliphatic carbocycles. The summed E-state index contributed by atoms with van der Waals surface area (Å²) in [5.41, 5.74) is 9.31. The fourth-order valence-electron chi connectivity index (χ4n) is 3.45. The molecule has 150 valence electrons. The topological polar surface area (TPSA) is 100 Å². The molecule has 1 aliphatic rings. The number of nitrogens with one attached hydrogen (secondary N) is 3. The Morgan fingerprint density at radius 3 is 2.69 bits per heavy atom. The van der Waals surface area contributed by atoms with E-state index in [1.807, 2.05) is 6.07 Å². The molecule has 0 atom stereocenters. The Kier molecular flexibility index (Phi) is 5.59. The maximum absolute atomic E-state index is 12.9. The first-order valence-corrected chi connectivity index (χ1v) is 11.1. The number of rotatable bonds is 3. The molecule has 3 aromatic rings. The second-order valence-electron chi connectivity index (χ2n) is 6.89. The number of amides is 3. The fraction of sp³-hybridized carbons (Fsp3) is 0.300. The average Bonchev–Trinajstić information content (AvgIpc) is 3.23. The summed E-state index contributed by atoms with van der Waals surface area (Å²) in [6, 6.07) is 5.35. The van der Waals surface area contributed by atoms with Crippen molar-refractivity contribution < 1.29 is 14.4 Å². The summed E-state index contributed by atoms with van der Waals surface area (Å²) in [4.78, 5) is 42.2. The zero-order chi connectivity index (χ0) is 20.4. The number of hydrogen-bond donors (Lipinski definition) is 3. The van der Waals surface area contributed by atoms with Crippen molar-refractivity contribution in [3.63, 3.8) is 0 Å². The molecule has 2 heterocycles. The van der Waals surface area contributed by atoms with Gasteiger partial charge in [0.2, 0.25) is 5.91 Å². The van der Waals surface area contributed by atoms with Gasteiger partial charge in [-0.3, -0.25) is 25.2 Å². The van der Waals surface area contributed by atoms with Gasteiger partial charge < -0.3 is 5.32 Å². The number of thiazole rings is 1. The quantitative estimate of drug-likeness (QED) is 0.438. The zero-order valence-electron chi connectivity index (χ0n) is 15.8. The Hall–Kier alpha value is -2.78. The first-order valence-electron chi connectivity index (χ1n) is 9.39. The van der Waals surface area contributed by atoms with Gasteiger partial charge in [0.25, 0.3) is 11.8 Å². The van der Waals surface area contributed by atoms with E-state index < -0.39 is 5.91 Å². The van der Waals surface area contributed by atoms with Crippen LogP contribution in [0.4, 0.5) is 5.00 Å². The van der Waals surface area contributed by atoms with Crippen LogP contribution in [0.5, 0.6) is 0 Å². The van der Waals surface area contributed by atoms with Gasteiger partial charge >= 0.3 is 0 Å². The number of hydrazine groups is 1. The summed E-state index contributed by atoms with van der Waals surface area (Å²) < 4.78 is 0.934. The van der Waals surface area contributed by atoms with Crippen LogP contribution in [0.25, 0.3) is 10.2 Å². The third-order valence-electron chi connectivity index (χ3n) is 4.82. The highest BCUT2D eigenvalue weighted by atomic mass is 32.1. The minimum atomic E-state index is -0.409. The van der Waals surface area contributed by atoms with Crippen LogP contribution in [-0.2, 0) is 17.6 Å². The molecule has 7 nitrogen and oxygen atoms in total. The van der Waals surface area contributed by atoms with Crippen LogP contribution < -0.4 is 16.2 Å². The van der Waals surface area contributed by atoms with Crippen LogP contribution in [0.15, 0.2) is 23.7 Å². The molecule has 0 saturated heterocycles. The van der Waals surface area contributed by atoms with Gasteiger partial charge in [-0.25, -0.2) is 4.98 Å². The summed E-state index contributed by atoms with van der Waals surface area (Å²) in [6.07, 6.45) is 4.86. The Balaban J connectivity index is 1.65. The molecule has 0 unspecified atom stereocenters. The van der Waals surface area contributed by atoms with Crippen molar-refractivity contribution >= 4 is 55.6 Å². The predicted octanol–water partition coefficient (Wildman–Crippen LogP) is 3.66. The van der Waals surface area contributed by atoms with E-state index in [0.29, 0.717) is 16.1 Å². The lowest BCUT2D eigenvalue weighted by Gasteiger charge is -2.10.